The van der Waals surface area contributed by atoms with E-state index in [1.807, 2.05) is 0 Å². The van der Waals surface area contributed by atoms with Gasteiger partial charge in [-0.25, -0.2) is 9.97 Å². The number of carbonyl (C=O) groups is 1. The van der Waals surface area contributed by atoms with Crippen molar-refractivity contribution in [2.75, 3.05) is 5.32 Å². The number of hydrogen-bond donors (Lipinski definition) is 2. The summed E-state index contributed by atoms with van der Waals surface area (Å²) < 4.78 is 0. The summed E-state index contributed by atoms with van der Waals surface area (Å²) in [6, 6.07) is 5.49. The first-order valence-corrected chi connectivity index (χ1v) is 7.23. The fourth-order valence-electron chi connectivity index (χ4n) is 1.74. The molecule has 1 amide bonds. The third kappa shape index (κ3) is 3.43. The molecular weight excluding hydrogens is 311 g/mol. The zero-order valence-electron chi connectivity index (χ0n) is 10.9. The molecule has 7 heteroatoms. The second kappa shape index (κ2) is 5.87. The molecule has 0 unspecified atom stereocenters. The minimum atomic E-state index is -0.202. The standard InChI is InChI=1S/C14H12Cl2N4O/c15-9-2-1-3-10(16)13(9)20-12-7-17-11(6-18-12)14(21)19-8-4-5-8/h1-3,6-8H,4-5H2,(H,18,20)(H,19,21). The van der Waals surface area contributed by atoms with Crippen LogP contribution in [0.4, 0.5) is 11.5 Å². The molecule has 0 bridgehead atoms. The Balaban J connectivity index is 1.73. The Morgan fingerprint density at radius 2 is 1.86 bits per heavy atom. The summed E-state index contributed by atoms with van der Waals surface area (Å²) in [6.07, 6.45) is 4.96. The summed E-state index contributed by atoms with van der Waals surface area (Å²) in [5.41, 5.74) is 0.850. The molecule has 2 aromatic rings. The van der Waals surface area contributed by atoms with Crippen molar-refractivity contribution in [1.82, 2.24) is 15.3 Å². The number of hydrogen-bond acceptors (Lipinski definition) is 4. The second-order valence-corrected chi connectivity index (χ2v) is 5.57. The maximum atomic E-state index is 11.8. The maximum Gasteiger partial charge on any atom is 0.271 e. The highest BCUT2D eigenvalue weighted by Crippen LogP contribution is 2.31. The van der Waals surface area contributed by atoms with Crippen LogP contribution in [0.2, 0.25) is 10.0 Å². The average Bonchev–Trinajstić information content (AvgIpc) is 3.28. The van der Waals surface area contributed by atoms with Gasteiger partial charge in [0.2, 0.25) is 0 Å². The van der Waals surface area contributed by atoms with Crippen molar-refractivity contribution in [3.05, 3.63) is 46.3 Å². The van der Waals surface area contributed by atoms with Crippen LogP contribution in [-0.4, -0.2) is 21.9 Å². The zero-order chi connectivity index (χ0) is 14.8. The van der Waals surface area contributed by atoms with Gasteiger partial charge in [-0.15, -0.1) is 0 Å². The molecule has 1 aliphatic carbocycles. The second-order valence-electron chi connectivity index (χ2n) is 4.76. The van der Waals surface area contributed by atoms with Crippen LogP contribution in [0.1, 0.15) is 23.3 Å². The molecule has 1 heterocycles. The van der Waals surface area contributed by atoms with Crippen LogP contribution in [0.25, 0.3) is 0 Å². The zero-order valence-corrected chi connectivity index (χ0v) is 12.4. The minimum absolute atomic E-state index is 0.202. The van der Waals surface area contributed by atoms with Crippen LogP contribution in [-0.2, 0) is 0 Å². The van der Waals surface area contributed by atoms with Gasteiger partial charge < -0.3 is 10.6 Å². The van der Waals surface area contributed by atoms with Crippen LogP contribution in [0.3, 0.4) is 0 Å². The number of nitrogens with one attached hydrogen (secondary N) is 2. The fourth-order valence-corrected chi connectivity index (χ4v) is 2.23. The van der Waals surface area contributed by atoms with Gasteiger partial charge in [-0.1, -0.05) is 29.3 Å². The van der Waals surface area contributed by atoms with E-state index in [1.165, 1.54) is 12.4 Å². The monoisotopic (exact) mass is 322 g/mol. The molecule has 2 N–H and O–H groups in total. The van der Waals surface area contributed by atoms with Crippen molar-refractivity contribution in [2.24, 2.45) is 0 Å². The van der Waals surface area contributed by atoms with Crippen molar-refractivity contribution >= 4 is 40.6 Å². The summed E-state index contributed by atoms with van der Waals surface area (Å²) >= 11 is 12.1. The van der Waals surface area contributed by atoms with Crippen LogP contribution in [0, 0.1) is 0 Å². The minimum Gasteiger partial charge on any atom is -0.348 e. The van der Waals surface area contributed by atoms with Crippen molar-refractivity contribution in [3.63, 3.8) is 0 Å². The van der Waals surface area contributed by atoms with Gasteiger partial charge in [0.15, 0.2) is 0 Å². The molecule has 0 aliphatic heterocycles. The van der Waals surface area contributed by atoms with Crippen LogP contribution in [0.5, 0.6) is 0 Å². The van der Waals surface area contributed by atoms with E-state index in [0.29, 0.717) is 27.6 Å². The van der Waals surface area contributed by atoms with Gasteiger partial charge >= 0.3 is 0 Å². The average molecular weight is 323 g/mol. The molecule has 5 nitrogen and oxygen atoms in total. The molecular formula is C14H12Cl2N4O. The third-order valence-electron chi connectivity index (χ3n) is 3.01. The molecule has 0 spiro atoms. The summed E-state index contributed by atoms with van der Waals surface area (Å²) in [4.78, 5) is 20.0. The molecule has 1 aliphatic rings. The summed E-state index contributed by atoms with van der Waals surface area (Å²) in [6.45, 7) is 0. The molecule has 21 heavy (non-hydrogen) atoms. The lowest BCUT2D eigenvalue weighted by Gasteiger charge is -2.09. The van der Waals surface area contributed by atoms with Crippen molar-refractivity contribution in [1.29, 1.82) is 0 Å². The molecule has 0 radical (unpaired) electrons. The van der Waals surface area contributed by atoms with Gasteiger partial charge in [0.25, 0.3) is 5.91 Å². The largest absolute Gasteiger partial charge is 0.348 e. The SMILES string of the molecule is O=C(NC1CC1)c1cnc(Nc2c(Cl)cccc2Cl)cn1. The van der Waals surface area contributed by atoms with Crippen molar-refractivity contribution in [2.45, 2.75) is 18.9 Å². The molecule has 1 aromatic carbocycles. The fraction of sp³-hybridized carbons (Fsp3) is 0.214. The molecule has 1 saturated carbocycles. The molecule has 1 aromatic heterocycles. The van der Waals surface area contributed by atoms with E-state index in [-0.39, 0.29) is 11.6 Å². The predicted molar refractivity (Wildman–Crippen MR) is 82.3 cm³/mol. The highest BCUT2D eigenvalue weighted by molar-refractivity contribution is 6.39. The van der Waals surface area contributed by atoms with Gasteiger partial charge in [-0.2, -0.15) is 0 Å². The topological polar surface area (TPSA) is 66.9 Å². The predicted octanol–water partition coefficient (Wildman–Crippen LogP) is 3.42. The van der Waals surface area contributed by atoms with E-state index in [4.69, 9.17) is 23.2 Å². The van der Waals surface area contributed by atoms with Crippen LogP contribution >= 0.6 is 23.2 Å². The summed E-state index contributed by atoms with van der Waals surface area (Å²) in [5, 5.41) is 6.82. The molecule has 108 valence electrons. The van der Waals surface area contributed by atoms with Crippen molar-refractivity contribution in [3.8, 4) is 0 Å². The Morgan fingerprint density at radius 1 is 1.14 bits per heavy atom. The Bertz CT molecular complexity index is 651. The first-order valence-electron chi connectivity index (χ1n) is 6.47. The number of anilines is 2. The Morgan fingerprint density at radius 3 is 2.43 bits per heavy atom. The van der Waals surface area contributed by atoms with Gasteiger partial charge in [0, 0.05) is 6.04 Å². The maximum absolute atomic E-state index is 11.8. The van der Waals surface area contributed by atoms with E-state index in [1.54, 1.807) is 18.2 Å². The van der Waals surface area contributed by atoms with E-state index in [9.17, 15) is 4.79 Å². The Labute approximate surface area is 131 Å². The number of amides is 1. The normalized spacial score (nSPS) is 13.8. The Kier molecular flexibility index (Phi) is 3.94. The number of nitrogens with zero attached hydrogens (tertiary/aromatic N) is 2. The number of rotatable bonds is 4. The molecule has 1 fully saturated rings. The quantitative estimate of drug-likeness (QED) is 0.905. The van der Waals surface area contributed by atoms with Crippen LogP contribution in [0.15, 0.2) is 30.6 Å². The first kappa shape index (κ1) is 14.1. The highest BCUT2D eigenvalue weighted by atomic mass is 35.5. The number of benzene rings is 1. The van der Waals surface area contributed by atoms with Gasteiger partial charge in [0.1, 0.15) is 11.5 Å². The number of aromatic nitrogens is 2. The summed E-state index contributed by atoms with van der Waals surface area (Å²) in [7, 11) is 0. The number of para-hydroxylation sites is 1. The van der Waals surface area contributed by atoms with Gasteiger partial charge in [-0.3, -0.25) is 4.79 Å². The van der Waals surface area contributed by atoms with Crippen molar-refractivity contribution < 1.29 is 4.79 Å². The Hall–Kier alpha value is -1.85. The lowest BCUT2D eigenvalue weighted by atomic mass is 10.3. The summed E-state index contributed by atoms with van der Waals surface area (Å²) in [5.74, 6) is 0.264. The highest BCUT2D eigenvalue weighted by Gasteiger charge is 2.24. The molecule has 0 atom stereocenters. The lowest BCUT2D eigenvalue weighted by molar-refractivity contribution is 0.0945. The van der Waals surface area contributed by atoms with E-state index >= 15 is 0 Å². The van der Waals surface area contributed by atoms with Gasteiger partial charge in [-0.05, 0) is 25.0 Å². The van der Waals surface area contributed by atoms with Gasteiger partial charge in [0.05, 0.1) is 28.1 Å². The first-order chi connectivity index (χ1) is 10.1. The van der Waals surface area contributed by atoms with E-state index < -0.39 is 0 Å². The number of halogens is 2. The lowest BCUT2D eigenvalue weighted by Crippen LogP contribution is -2.26. The van der Waals surface area contributed by atoms with E-state index in [0.717, 1.165) is 12.8 Å². The molecule has 0 saturated heterocycles. The van der Waals surface area contributed by atoms with E-state index in [2.05, 4.69) is 20.6 Å². The molecule has 3 rings (SSSR count). The third-order valence-corrected chi connectivity index (χ3v) is 3.64. The van der Waals surface area contributed by atoms with Crippen LogP contribution < -0.4 is 10.6 Å². The number of carbonyl (C=O) groups excluding carboxylic acids is 1. The smallest absolute Gasteiger partial charge is 0.271 e.